The molecule has 0 radical (unpaired) electrons. The molecule has 1 rings (SSSR count). The van der Waals surface area contributed by atoms with Gasteiger partial charge in [0.1, 0.15) is 12.2 Å². The van der Waals surface area contributed by atoms with Gasteiger partial charge >= 0.3 is 0 Å². The van der Waals surface area contributed by atoms with Gasteiger partial charge in [-0.3, -0.25) is 0 Å². The fourth-order valence-corrected chi connectivity index (χ4v) is 2.20. The first-order valence-electron chi connectivity index (χ1n) is 7.97. The molecule has 1 saturated heterocycles. The molecule has 0 aromatic heterocycles. The molecule has 0 aromatic carbocycles. The van der Waals surface area contributed by atoms with Crippen LogP contribution in [0.15, 0.2) is 0 Å². The Kier molecular flexibility index (Phi) is 10.2. The molecule has 0 unspecified atom stereocenters. The molecule has 0 amide bonds. The topological polar surface area (TPSA) is 60.0 Å². The summed E-state index contributed by atoms with van der Waals surface area (Å²) in [7, 11) is 0. The van der Waals surface area contributed by atoms with Crippen LogP contribution in [0.2, 0.25) is 0 Å². The summed E-state index contributed by atoms with van der Waals surface area (Å²) in [5, 5.41) is 13.0. The van der Waals surface area contributed by atoms with Crippen molar-refractivity contribution >= 4 is 0 Å². The highest BCUT2D eigenvalue weighted by Gasteiger charge is 2.27. The van der Waals surface area contributed by atoms with E-state index in [0.29, 0.717) is 19.8 Å². The van der Waals surface area contributed by atoms with Crippen LogP contribution in [0, 0.1) is 0 Å². The predicted octanol–water partition coefficient (Wildman–Crippen LogP) is 1.69. The van der Waals surface area contributed by atoms with Gasteiger partial charge in [0.2, 0.25) is 0 Å². The van der Waals surface area contributed by atoms with Gasteiger partial charge in [-0.2, -0.15) is 0 Å². The molecule has 0 bridgehead atoms. The van der Waals surface area contributed by atoms with Crippen LogP contribution in [0.3, 0.4) is 0 Å². The van der Waals surface area contributed by atoms with E-state index in [2.05, 4.69) is 12.2 Å². The van der Waals surface area contributed by atoms with Gasteiger partial charge in [0.25, 0.3) is 0 Å². The fraction of sp³-hybridized carbons (Fsp3) is 1.00. The van der Waals surface area contributed by atoms with Gasteiger partial charge in [-0.25, -0.2) is 0 Å². The van der Waals surface area contributed by atoms with E-state index < -0.39 is 6.10 Å². The zero-order valence-corrected chi connectivity index (χ0v) is 13.0. The summed E-state index contributed by atoms with van der Waals surface area (Å²) in [5.74, 6) is 0. The molecule has 1 fully saturated rings. The molecule has 0 saturated carbocycles. The van der Waals surface area contributed by atoms with Gasteiger partial charge in [-0.05, 0) is 13.3 Å². The number of hydrogen-bond acceptors (Lipinski definition) is 5. The molecule has 0 spiro atoms. The number of aliphatic hydroxyl groups excluding tert-OH is 1. The minimum absolute atomic E-state index is 0.187. The standard InChI is InChI=1S/C15H31NO4/c1-3-4-5-6-7-9-18-10-8-16-11-15-14(17)12-19-13(2)20-15/h13-17H,3-12H2,1-2H3/t13-,14-,15+/m1/s1. The van der Waals surface area contributed by atoms with Crippen molar-refractivity contribution in [2.75, 3.05) is 32.9 Å². The third kappa shape index (κ3) is 8.17. The Bertz CT molecular complexity index is 228. The number of ether oxygens (including phenoxy) is 3. The Morgan fingerprint density at radius 1 is 1.20 bits per heavy atom. The molecule has 120 valence electrons. The van der Waals surface area contributed by atoms with Gasteiger partial charge in [0.15, 0.2) is 6.29 Å². The van der Waals surface area contributed by atoms with E-state index in [0.717, 1.165) is 19.6 Å². The van der Waals surface area contributed by atoms with Crippen molar-refractivity contribution in [3.05, 3.63) is 0 Å². The van der Waals surface area contributed by atoms with E-state index in [9.17, 15) is 5.11 Å². The molecule has 3 atom stereocenters. The minimum Gasteiger partial charge on any atom is -0.388 e. The van der Waals surface area contributed by atoms with Gasteiger partial charge in [-0.15, -0.1) is 0 Å². The average Bonchev–Trinajstić information content (AvgIpc) is 2.44. The lowest BCUT2D eigenvalue weighted by Crippen LogP contribution is -2.48. The third-order valence-electron chi connectivity index (χ3n) is 3.46. The number of unbranched alkanes of at least 4 members (excludes halogenated alkanes) is 4. The quantitative estimate of drug-likeness (QED) is 0.567. The number of hydrogen-bond donors (Lipinski definition) is 2. The van der Waals surface area contributed by atoms with Crippen LogP contribution in [-0.2, 0) is 14.2 Å². The van der Waals surface area contributed by atoms with E-state index in [4.69, 9.17) is 14.2 Å². The number of rotatable bonds is 11. The lowest BCUT2D eigenvalue weighted by molar-refractivity contribution is -0.242. The van der Waals surface area contributed by atoms with Crippen molar-refractivity contribution in [2.24, 2.45) is 0 Å². The van der Waals surface area contributed by atoms with Gasteiger partial charge in [0, 0.05) is 19.7 Å². The van der Waals surface area contributed by atoms with Crippen molar-refractivity contribution in [3.8, 4) is 0 Å². The smallest absolute Gasteiger partial charge is 0.155 e. The highest BCUT2D eigenvalue weighted by atomic mass is 16.7. The molecule has 5 heteroatoms. The van der Waals surface area contributed by atoms with E-state index >= 15 is 0 Å². The van der Waals surface area contributed by atoms with Gasteiger partial charge in [0.05, 0.1) is 13.2 Å². The Labute approximate surface area is 123 Å². The van der Waals surface area contributed by atoms with Crippen LogP contribution in [0.1, 0.15) is 46.0 Å². The highest BCUT2D eigenvalue weighted by molar-refractivity contribution is 4.74. The summed E-state index contributed by atoms with van der Waals surface area (Å²) in [4.78, 5) is 0. The molecule has 0 aromatic rings. The molecule has 1 aliphatic heterocycles. The molecule has 0 aliphatic carbocycles. The normalized spacial score (nSPS) is 26.9. The van der Waals surface area contributed by atoms with Crippen molar-refractivity contribution in [2.45, 2.75) is 64.4 Å². The molecular weight excluding hydrogens is 258 g/mol. The van der Waals surface area contributed by atoms with Gasteiger partial charge < -0.3 is 24.6 Å². The second kappa shape index (κ2) is 11.5. The summed E-state index contributed by atoms with van der Waals surface area (Å²) in [6, 6.07) is 0. The molecule has 5 nitrogen and oxygen atoms in total. The Hall–Kier alpha value is -0.200. The van der Waals surface area contributed by atoms with Crippen LogP contribution >= 0.6 is 0 Å². The first-order chi connectivity index (χ1) is 9.74. The molecule has 1 aliphatic rings. The van der Waals surface area contributed by atoms with Gasteiger partial charge in [-0.1, -0.05) is 32.6 Å². The summed E-state index contributed by atoms with van der Waals surface area (Å²) in [6.07, 6.45) is 5.38. The molecule has 1 heterocycles. The zero-order chi connectivity index (χ0) is 14.6. The number of aliphatic hydroxyl groups is 1. The van der Waals surface area contributed by atoms with Crippen LogP contribution in [0.25, 0.3) is 0 Å². The summed E-state index contributed by atoms with van der Waals surface area (Å²) in [6.45, 7) is 7.40. The summed E-state index contributed by atoms with van der Waals surface area (Å²) >= 11 is 0. The average molecular weight is 289 g/mol. The zero-order valence-electron chi connectivity index (χ0n) is 13.0. The van der Waals surface area contributed by atoms with Crippen molar-refractivity contribution in [1.82, 2.24) is 5.32 Å². The van der Waals surface area contributed by atoms with E-state index in [1.165, 1.54) is 25.7 Å². The van der Waals surface area contributed by atoms with Crippen molar-refractivity contribution < 1.29 is 19.3 Å². The Morgan fingerprint density at radius 2 is 2.00 bits per heavy atom. The Morgan fingerprint density at radius 3 is 2.80 bits per heavy atom. The largest absolute Gasteiger partial charge is 0.388 e. The highest BCUT2D eigenvalue weighted by Crippen LogP contribution is 2.11. The Balaban J connectivity index is 1.86. The summed E-state index contributed by atoms with van der Waals surface area (Å²) < 4.78 is 16.3. The van der Waals surface area contributed by atoms with Crippen LogP contribution < -0.4 is 5.32 Å². The predicted molar refractivity (Wildman–Crippen MR) is 78.7 cm³/mol. The molecular formula is C15H31NO4. The third-order valence-corrected chi connectivity index (χ3v) is 3.46. The fourth-order valence-electron chi connectivity index (χ4n) is 2.20. The number of nitrogens with one attached hydrogen (secondary N) is 1. The molecule has 20 heavy (non-hydrogen) atoms. The lowest BCUT2D eigenvalue weighted by atomic mass is 10.2. The van der Waals surface area contributed by atoms with Crippen LogP contribution in [0.5, 0.6) is 0 Å². The SMILES string of the molecule is CCCCCCCOCCNC[C@@H]1O[C@H](C)OC[C@H]1O. The first kappa shape index (κ1) is 17.9. The minimum atomic E-state index is -0.543. The maximum absolute atomic E-state index is 9.71. The van der Waals surface area contributed by atoms with Crippen LogP contribution in [-0.4, -0.2) is 56.5 Å². The van der Waals surface area contributed by atoms with E-state index in [1.807, 2.05) is 6.92 Å². The van der Waals surface area contributed by atoms with Crippen molar-refractivity contribution in [3.63, 3.8) is 0 Å². The lowest BCUT2D eigenvalue weighted by Gasteiger charge is -2.32. The van der Waals surface area contributed by atoms with Crippen molar-refractivity contribution in [1.29, 1.82) is 0 Å². The molecule has 2 N–H and O–H groups in total. The second-order valence-corrected chi connectivity index (χ2v) is 5.37. The maximum Gasteiger partial charge on any atom is 0.155 e. The van der Waals surface area contributed by atoms with E-state index in [-0.39, 0.29) is 12.4 Å². The van der Waals surface area contributed by atoms with Crippen LogP contribution in [0.4, 0.5) is 0 Å². The maximum atomic E-state index is 9.71. The first-order valence-corrected chi connectivity index (χ1v) is 7.97. The second-order valence-electron chi connectivity index (χ2n) is 5.37. The summed E-state index contributed by atoms with van der Waals surface area (Å²) in [5.41, 5.74) is 0. The van der Waals surface area contributed by atoms with E-state index in [1.54, 1.807) is 0 Å². The monoisotopic (exact) mass is 289 g/mol.